The second-order valence-corrected chi connectivity index (χ2v) is 9.32. The third kappa shape index (κ3) is 6.30. The number of carbonyl (C=O) groups excluding carboxylic acids is 1. The van der Waals surface area contributed by atoms with Crippen molar-refractivity contribution in [2.24, 2.45) is 0 Å². The highest BCUT2D eigenvalue weighted by molar-refractivity contribution is 7.89. The summed E-state index contributed by atoms with van der Waals surface area (Å²) in [6.07, 6.45) is -9.75. The van der Waals surface area contributed by atoms with Crippen molar-refractivity contribution in [1.29, 1.82) is 0 Å². The molecule has 12 nitrogen and oxygen atoms in total. The molecule has 0 aliphatic heterocycles. The number of benzene rings is 2. The Labute approximate surface area is 221 Å². The monoisotopic (exact) mass is 600 g/mol. The number of anilines is 2. The van der Waals surface area contributed by atoms with Gasteiger partial charge in [0, 0.05) is 13.1 Å². The second-order valence-electron chi connectivity index (χ2n) is 7.38. The molecule has 0 saturated heterocycles. The topological polar surface area (TPSA) is 138 Å². The first-order valence-electron chi connectivity index (χ1n) is 10.4. The predicted molar refractivity (Wildman–Crippen MR) is 123 cm³/mol. The van der Waals surface area contributed by atoms with E-state index in [2.05, 4.69) is 24.9 Å². The molecule has 0 spiro atoms. The van der Waals surface area contributed by atoms with Crippen LogP contribution in [-0.4, -0.2) is 69.7 Å². The molecule has 0 bridgehead atoms. The molecule has 1 aromatic heterocycles. The molecule has 0 fully saturated rings. The van der Waals surface area contributed by atoms with Gasteiger partial charge in [0.2, 0.25) is 5.75 Å². The quantitative estimate of drug-likeness (QED) is 0.282. The van der Waals surface area contributed by atoms with Crippen LogP contribution in [0, 0.1) is 0 Å². The van der Waals surface area contributed by atoms with Crippen molar-refractivity contribution in [2.75, 3.05) is 33.7 Å². The number of carbonyl (C=O) groups is 1. The molecular weight excluding hydrogens is 582 g/mol. The fraction of sp³-hybridized carbons (Fsp3) is 0.286. The predicted octanol–water partition coefficient (Wildman–Crippen LogP) is 3.94. The number of hydrogen-bond donors (Lipinski definition) is 1. The van der Waals surface area contributed by atoms with E-state index in [1.54, 1.807) is 0 Å². The average molecular weight is 600 g/mol. The SMILES string of the molecule is COc1cc2ncnc(Nc3cc(S(=O)(=O)N(C)OC(=O)C(F)(F)F)ccc3OC(F)(F)F)c2c(OC)c1OC. The Balaban J connectivity index is 2.18. The summed E-state index contributed by atoms with van der Waals surface area (Å²) in [5, 5.41) is 2.56. The zero-order chi connectivity index (χ0) is 30.0. The molecule has 3 aromatic rings. The van der Waals surface area contributed by atoms with Crippen molar-refractivity contribution in [2.45, 2.75) is 17.4 Å². The number of methoxy groups -OCH3 is 3. The van der Waals surface area contributed by atoms with Gasteiger partial charge in [-0.3, -0.25) is 0 Å². The van der Waals surface area contributed by atoms with Crippen molar-refractivity contribution < 1.29 is 63.3 Å². The highest BCUT2D eigenvalue weighted by Gasteiger charge is 2.44. The minimum absolute atomic E-state index is 0.0131. The molecule has 0 atom stereocenters. The van der Waals surface area contributed by atoms with Gasteiger partial charge in [0.05, 0.1) is 42.8 Å². The Morgan fingerprint density at radius 1 is 0.925 bits per heavy atom. The number of ether oxygens (including phenoxy) is 4. The number of hydroxylamine groups is 1. The van der Waals surface area contributed by atoms with E-state index >= 15 is 0 Å². The zero-order valence-electron chi connectivity index (χ0n) is 20.7. The van der Waals surface area contributed by atoms with Crippen molar-refractivity contribution in [3.05, 3.63) is 30.6 Å². The third-order valence-electron chi connectivity index (χ3n) is 4.94. The highest BCUT2D eigenvalue weighted by atomic mass is 32.2. The molecule has 3 rings (SSSR count). The minimum atomic E-state index is -5.53. The van der Waals surface area contributed by atoms with Crippen LogP contribution in [0.25, 0.3) is 10.9 Å². The lowest BCUT2D eigenvalue weighted by molar-refractivity contribution is -0.274. The molecule has 0 saturated carbocycles. The van der Waals surface area contributed by atoms with Crippen molar-refractivity contribution in [3.63, 3.8) is 0 Å². The summed E-state index contributed by atoms with van der Waals surface area (Å²) in [5.74, 6) is -3.79. The Morgan fingerprint density at radius 3 is 2.12 bits per heavy atom. The van der Waals surface area contributed by atoms with Gasteiger partial charge in [-0.2, -0.15) is 13.2 Å². The molecule has 0 aliphatic carbocycles. The van der Waals surface area contributed by atoms with Crippen LogP contribution in [0.5, 0.6) is 23.0 Å². The number of aromatic nitrogens is 2. The summed E-state index contributed by atoms with van der Waals surface area (Å²) in [7, 11) is -0.678. The number of alkyl halides is 6. The van der Waals surface area contributed by atoms with E-state index in [1.165, 1.54) is 27.4 Å². The van der Waals surface area contributed by atoms with Gasteiger partial charge < -0.3 is 29.1 Å². The van der Waals surface area contributed by atoms with Crippen LogP contribution in [0.1, 0.15) is 0 Å². The van der Waals surface area contributed by atoms with E-state index in [0.29, 0.717) is 25.2 Å². The highest BCUT2D eigenvalue weighted by Crippen LogP contribution is 2.46. The number of fused-ring (bicyclic) bond motifs is 1. The summed E-state index contributed by atoms with van der Waals surface area (Å²) in [6, 6.07) is 3.16. The first-order valence-corrected chi connectivity index (χ1v) is 11.9. The normalized spacial score (nSPS) is 12.3. The van der Waals surface area contributed by atoms with Crippen LogP contribution >= 0.6 is 0 Å². The second kappa shape index (κ2) is 11.1. The van der Waals surface area contributed by atoms with Gasteiger partial charge in [-0.05, 0) is 22.7 Å². The Kier molecular flexibility index (Phi) is 8.39. The Bertz CT molecular complexity index is 1530. The van der Waals surface area contributed by atoms with Gasteiger partial charge in [-0.15, -0.1) is 13.2 Å². The van der Waals surface area contributed by atoms with E-state index in [-0.39, 0.29) is 34.0 Å². The lowest BCUT2D eigenvalue weighted by atomic mass is 10.1. The summed E-state index contributed by atoms with van der Waals surface area (Å²) in [4.78, 5) is 22.1. The fourth-order valence-electron chi connectivity index (χ4n) is 3.26. The maximum absolute atomic E-state index is 13.1. The van der Waals surface area contributed by atoms with Crippen LogP contribution < -0.4 is 24.3 Å². The minimum Gasteiger partial charge on any atom is -0.493 e. The molecule has 1 N–H and O–H groups in total. The maximum atomic E-state index is 13.1. The largest absolute Gasteiger partial charge is 0.573 e. The third-order valence-corrected chi connectivity index (χ3v) is 6.54. The number of nitrogens with zero attached hydrogens (tertiary/aromatic N) is 3. The van der Waals surface area contributed by atoms with E-state index in [1.807, 2.05) is 0 Å². The number of rotatable bonds is 9. The van der Waals surface area contributed by atoms with Gasteiger partial charge in [0.1, 0.15) is 12.1 Å². The van der Waals surface area contributed by atoms with Gasteiger partial charge >= 0.3 is 18.5 Å². The summed E-state index contributed by atoms with van der Waals surface area (Å²) >= 11 is 0. The van der Waals surface area contributed by atoms with Crippen molar-refractivity contribution in [1.82, 2.24) is 14.4 Å². The van der Waals surface area contributed by atoms with Crippen LogP contribution in [-0.2, 0) is 19.7 Å². The van der Waals surface area contributed by atoms with Crippen LogP contribution in [0.2, 0.25) is 0 Å². The molecule has 218 valence electrons. The van der Waals surface area contributed by atoms with Crippen LogP contribution in [0.15, 0.2) is 35.5 Å². The summed E-state index contributed by atoms with van der Waals surface area (Å²) < 4.78 is 122. The van der Waals surface area contributed by atoms with E-state index in [0.717, 1.165) is 6.33 Å². The molecule has 19 heteroatoms. The standard InChI is InChI=1S/C21H18F6N4O8S/c1-31(39-19(32)20(22,23)24)40(33,34)10-5-6-13(38-21(25,26)27)11(7-10)30-18-15-12(28-9-29-18)8-14(35-2)16(36-3)17(15)37-4/h5-9H,1-4H3,(H,28,29,30). The Hall–Kier alpha value is -4.26. The van der Waals surface area contributed by atoms with E-state index in [9.17, 15) is 39.6 Å². The molecule has 40 heavy (non-hydrogen) atoms. The number of nitrogens with one attached hydrogen (secondary N) is 1. The number of halogens is 6. The zero-order valence-corrected chi connectivity index (χ0v) is 21.5. The van der Waals surface area contributed by atoms with Gasteiger partial charge in [0.25, 0.3) is 10.0 Å². The lowest BCUT2D eigenvalue weighted by Crippen LogP contribution is -2.36. The van der Waals surface area contributed by atoms with Crippen molar-refractivity contribution in [3.8, 4) is 23.0 Å². The van der Waals surface area contributed by atoms with E-state index < -0.39 is 49.3 Å². The average Bonchev–Trinajstić information content (AvgIpc) is 2.86. The van der Waals surface area contributed by atoms with Crippen LogP contribution in [0.4, 0.5) is 37.8 Å². The number of sulfonamides is 1. The van der Waals surface area contributed by atoms with Gasteiger partial charge in [0.15, 0.2) is 17.2 Å². The van der Waals surface area contributed by atoms with E-state index in [4.69, 9.17) is 14.2 Å². The van der Waals surface area contributed by atoms with Gasteiger partial charge in [-0.25, -0.2) is 23.2 Å². The number of hydrogen-bond acceptors (Lipinski definition) is 11. The first-order chi connectivity index (χ1) is 18.5. The lowest BCUT2D eigenvalue weighted by Gasteiger charge is -2.20. The molecule has 2 aromatic carbocycles. The molecule has 0 unspecified atom stereocenters. The maximum Gasteiger partial charge on any atom is 0.573 e. The Morgan fingerprint density at radius 2 is 1.57 bits per heavy atom. The van der Waals surface area contributed by atoms with Crippen LogP contribution in [0.3, 0.4) is 0 Å². The summed E-state index contributed by atoms with van der Waals surface area (Å²) in [6.45, 7) is 0. The van der Waals surface area contributed by atoms with Crippen molar-refractivity contribution >= 4 is 38.4 Å². The summed E-state index contributed by atoms with van der Waals surface area (Å²) in [5.41, 5.74) is -0.501. The molecule has 0 radical (unpaired) electrons. The molecule has 0 amide bonds. The van der Waals surface area contributed by atoms with Gasteiger partial charge in [-0.1, -0.05) is 0 Å². The fourth-order valence-corrected chi connectivity index (χ4v) is 4.23. The molecule has 0 aliphatic rings. The smallest absolute Gasteiger partial charge is 0.493 e. The molecular formula is C21H18F6N4O8S. The molecule has 1 heterocycles. The first kappa shape index (κ1) is 30.3.